The number of carbonyl (C=O) groups excluding carboxylic acids is 2. The highest BCUT2D eigenvalue weighted by molar-refractivity contribution is 8.27. The lowest BCUT2D eigenvalue weighted by atomic mass is 10.1. The summed E-state index contributed by atoms with van der Waals surface area (Å²) in [6, 6.07) is 17.1. The molecule has 196 valence electrons. The number of hydrogen-bond acceptors (Lipinski definition) is 6. The number of nitrogens with one attached hydrogen (secondary N) is 1. The van der Waals surface area contributed by atoms with Crippen molar-refractivity contribution in [3.63, 3.8) is 0 Å². The Bertz CT molecular complexity index is 1430. The third-order valence-electron chi connectivity index (χ3n) is 6.21. The maximum absolute atomic E-state index is 13.2. The molecule has 1 aliphatic rings. The van der Waals surface area contributed by atoms with E-state index in [-0.39, 0.29) is 18.4 Å². The van der Waals surface area contributed by atoms with Gasteiger partial charge in [-0.2, -0.15) is 0 Å². The summed E-state index contributed by atoms with van der Waals surface area (Å²) in [7, 11) is 0. The molecule has 0 saturated carbocycles. The number of amides is 2. The van der Waals surface area contributed by atoms with Gasteiger partial charge in [0.25, 0.3) is 11.8 Å². The number of ether oxygens (including phenoxy) is 2. The summed E-state index contributed by atoms with van der Waals surface area (Å²) in [5.41, 5.74) is 6.54. The van der Waals surface area contributed by atoms with E-state index in [2.05, 4.69) is 5.32 Å². The second-order valence-corrected chi connectivity index (χ2v) is 10.7. The van der Waals surface area contributed by atoms with Crippen LogP contribution in [0.1, 0.15) is 34.7 Å². The van der Waals surface area contributed by atoms with Crippen molar-refractivity contribution < 1.29 is 19.1 Å². The van der Waals surface area contributed by atoms with Gasteiger partial charge in [0.15, 0.2) is 22.4 Å². The van der Waals surface area contributed by atoms with Crippen molar-refractivity contribution in [3.8, 4) is 11.5 Å². The van der Waals surface area contributed by atoms with Crippen LogP contribution in [-0.4, -0.2) is 29.3 Å². The molecule has 1 aliphatic heterocycles. The molecule has 1 fully saturated rings. The Balaban J connectivity index is 1.49. The second-order valence-electron chi connectivity index (χ2n) is 9.03. The van der Waals surface area contributed by atoms with E-state index in [9.17, 15) is 9.59 Å². The molecule has 1 N–H and O–H groups in total. The summed E-state index contributed by atoms with van der Waals surface area (Å²) in [4.78, 5) is 27.9. The summed E-state index contributed by atoms with van der Waals surface area (Å²) in [6.07, 6.45) is 1.79. The van der Waals surface area contributed by atoms with Gasteiger partial charge in [-0.3, -0.25) is 14.5 Å². The number of nitrogens with zero attached hydrogens (tertiary/aromatic N) is 1. The highest BCUT2D eigenvalue weighted by atomic mass is 32.2. The first-order chi connectivity index (χ1) is 18.2. The SMILES string of the molecule is CCOc1cc(/C=C2\SC(=S)N(c3ccc(C)c(C)c3)C2=O)ccc1OCC(=O)Nc1c(C)cccc1C. The fraction of sp³-hybridized carbons (Fsp3) is 0.233. The van der Waals surface area contributed by atoms with Crippen molar-refractivity contribution in [2.75, 3.05) is 23.4 Å². The average Bonchev–Trinajstić information content (AvgIpc) is 3.15. The van der Waals surface area contributed by atoms with Crippen molar-refractivity contribution in [1.82, 2.24) is 0 Å². The lowest BCUT2D eigenvalue weighted by Crippen LogP contribution is -2.27. The number of carbonyl (C=O) groups is 2. The molecule has 0 unspecified atom stereocenters. The highest BCUT2D eigenvalue weighted by Crippen LogP contribution is 2.38. The topological polar surface area (TPSA) is 67.9 Å². The summed E-state index contributed by atoms with van der Waals surface area (Å²) in [5, 5.41) is 2.92. The number of para-hydroxylation sites is 1. The van der Waals surface area contributed by atoms with Crippen LogP contribution in [0.2, 0.25) is 0 Å². The molecular weight excluding hydrogens is 516 g/mol. The number of anilines is 2. The summed E-state index contributed by atoms with van der Waals surface area (Å²) in [6.45, 7) is 10.1. The first-order valence-electron chi connectivity index (χ1n) is 12.3. The van der Waals surface area contributed by atoms with E-state index in [1.807, 2.05) is 77.1 Å². The molecule has 0 aliphatic carbocycles. The van der Waals surface area contributed by atoms with Crippen molar-refractivity contribution >= 4 is 57.6 Å². The number of hydrogen-bond donors (Lipinski definition) is 1. The van der Waals surface area contributed by atoms with Gasteiger partial charge in [0.1, 0.15) is 0 Å². The average molecular weight is 547 g/mol. The lowest BCUT2D eigenvalue weighted by molar-refractivity contribution is -0.118. The van der Waals surface area contributed by atoms with Crippen LogP contribution in [0.4, 0.5) is 11.4 Å². The van der Waals surface area contributed by atoms with Gasteiger partial charge in [-0.15, -0.1) is 0 Å². The fourth-order valence-corrected chi connectivity index (χ4v) is 5.34. The van der Waals surface area contributed by atoms with Crippen LogP contribution >= 0.6 is 24.0 Å². The van der Waals surface area contributed by atoms with Crippen LogP contribution in [0.25, 0.3) is 6.08 Å². The van der Waals surface area contributed by atoms with E-state index in [1.165, 1.54) is 11.8 Å². The monoisotopic (exact) mass is 546 g/mol. The minimum atomic E-state index is -0.260. The first kappa shape index (κ1) is 27.4. The number of rotatable bonds is 8. The van der Waals surface area contributed by atoms with Crippen LogP contribution in [0.5, 0.6) is 11.5 Å². The van der Waals surface area contributed by atoms with E-state index < -0.39 is 0 Å². The van der Waals surface area contributed by atoms with Gasteiger partial charge in [-0.25, -0.2) is 0 Å². The standard InChI is InChI=1S/C30H30N2O4S2/c1-6-35-25-15-22(11-13-24(25)36-17-27(33)31-28-19(3)8-7-9-20(28)4)16-26-29(34)32(30(37)38-26)23-12-10-18(2)21(5)14-23/h7-16H,6,17H2,1-5H3,(H,31,33)/b26-16-. The third-order valence-corrected chi connectivity index (χ3v) is 7.51. The smallest absolute Gasteiger partial charge is 0.270 e. The molecule has 2 amide bonds. The summed E-state index contributed by atoms with van der Waals surface area (Å²) in [5.74, 6) is 0.516. The number of thiocarbonyl (C=S) groups is 1. The van der Waals surface area contributed by atoms with Crippen LogP contribution in [-0.2, 0) is 9.59 Å². The minimum absolute atomic E-state index is 0.162. The fourth-order valence-electron chi connectivity index (χ4n) is 4.04. The zero-order valence-corrected chi connectivity index (χ0v) is 23.7. The maximum Gasteiger partial charge on any atom is 0.270 e. The van der Waals surface area contributed by atoms with Crippen molar-refractivity contribution in [3.05, 3.63) is 87.3 Å². The molecule has 0 spiro atoms. The number of benzene rings is 3. The van der Waals surface area contributed by atoms with Gasteiger partial charge >= 0.3 is 0 Å². The van der Waals surface area contributed by atoms with E-state index in [4.69, 9.17) is 21.7 Å². The molecule has 1 heterocycles. The molecule has 6 nitrogen and oxygen atoms in total. The molecule has 8 heteroatoms. The van der Waals surface area contributed by atoms with Crippen LogP contribution in [0.3, 0.4) is 0 Å². The van der Waals surface area contributed by atoms with Crippen LogP contribution in [0.15, 0.2) is 59.5 Å². The Hall–Kier alpha value is -3.62. The maximum atomic E-state index is 13.2. The van der Waals surface area contributed by atoms with E-state index in [0.717, 1.165) is 39.2 Å². The largest absolute Gasteiger partial charge is 0.490 e. The van der Waals surface area contributed by atoms with E-state index in [1.54, 1.807) is 23.1 Å². The molecule has 0 bridgehead atoms. The molecular formula is C30H30N2O4S2. The van der Waals surface area contributed by atoms with Crippen molar-refractivity contribution in [1.29, 1.82) is 0 Å². The first-order valence-corrected chi connectivity index (χ1v) is 13.5. The predicted molar refractivity (Wildman–Crippen MR) is 159 cm³/mol. The Labute approximate surface area is 233 Å². The molecule has 3 aromatic carbocycles. The quantitative estimate of drug-likeness (QED) is 0.249. The summed E-state index contributed by atoms with van der Waals surface area (Å²) < 4.78 is 12.1. The van der Waals surface area contributed by atoms with E-state index in [0.29, 0.717) is 27.3 Å². The Morgan fingerprint density at radius 1 is 0.947 bits per heavy atom. The summed E-state index contributed by atoms with van der Waals surface area (Å²) >= 11 is 6.79. The molecule has 3 aromatic rings. The van der Waals surface area contributed by atoms with Gasteiger partial charge in [-0.1, -0.05) is 54.3 Å². The van der Waals surface area contributed by atoms with Crippen LogP contribution in [0, 0.1) is 27.7 Å². The number of thioether (sulfide) groups is 1. The molecule has 0 atom stereocenters. The Morgan fingerprint density at radius 3 is 2.37 bits per heavy atom. The molecule has 0 aromatic heterocycles. The normalized spacial score (nSPS) is 14.2. The predicted octanol–water partition coefficient (Wildman–Crippen LogP) is 6.74. The third kappa shape index (κ3) is 6.09. The number of aryl methyl sites for hydroxylation is 4. The zero-order chi connectivity index (χ0) is 27.4. The van der Waals surface area contributed by atoms with Gasteiger partial charge in [-0.05, 0) is 92.8 Å². The second kappa shape index (κ2) is 11.8. The molecule has 1 saturated heterocycles. The zero-order valence-electron chi connectivity index (χ0n) is 22.1. The molecule has 0 radical (unpaired) electrons. The van der Waals surface area contributed by atoms with Crippen molar-refractivity contribution in [2.45, 2.75) is 34.6 Å². The molecule has 38 heavy (non-hydrogen) atoms. The minimum Gasteiger partial charge on any atom is -0.490 e. The molecule has 4 rings (SSSR count). The van der Waals surface area contributed by atoms with Gasteiger partial charge < -0.3 is 14.8 Å². The Morgan fingerprint density at radius 2 is 1.68 bits per heavy atom. The van der Waals surface area contributed by atoms with E-state index >= 15 is 0 Å². The highest BCUT2D eigenvalue weighted by Gasteiger charge is 2.33. The van der Waals surface area contributed by atoms with Gasteiger partial charge in [0.2, 0.25) is 0 Å². The van der Waals surface area contributed by atoms with Gasteiger partial charge in [0.05, 0.1) is 17.2 Å². The Kier molecular flexibility index (Phi) is 8.54. The van der Waals surface area contributed by atoms with Crippen LogP contribution < -0.4 is 19.7 Å². The van der Waals surface area contributed by atoms with Crippen molar-refractivity contribution in [2.24, 2.45) is 0 Å². The lowest BCUT2D eigenvalue weighted by Gasteiger charge is -2.16. The van der Waals surface area contributed by atoms with Gasteiger partial charge in [0, 0.05) is 5.69 Å².